The van der Waals surface area contributed by atoms with E-state index in [1.54, 1.807) is 0 Å². The van der Waals surface area contributed by atoms with E-state index in [0.717, 1.165) is 18.8 Å². The van der Waals surface area contributed by atoms with Gasteiger partial charge in [0.05, 0.1) is 0 Å². The molecule has 0 radical (unpaired) electrons. The molecule has 0 aliphatic carbocycles. The molecule has 10 heteroatoms. The first-order valence-corrected chi connectivity index (χ1v) is 8.88. The highest BCUT2D eigenvalue weighted by Crippen LogP contribution is 2.26. The Labute approximate surface area is 159 Å². The lowest BCUT2D eigenvalue weighted by atomic mass is 9.90. The summed E-state index contributed by atoms with van der Waals surface area (Å²) in [4.78, 5) is 31.7. The molecule has 3 rings (SSSR count). The van der Waals surface area contributed by atoms with Gasteiger partial charge in [-0.3, -0.25) is 14.9 Å². The number of nitrogens with one attached hydrogen (secondary N) is 3. The molecule has 2 saturated heterocycles. The Kier molecular flexibility index (Phi) is 7.38. The van der Waals surface area contributed by atoms with Crippen LogP contribution in [0.1, 0.15) is 37.2 Å². The van der Waals surface area contributed by atoms with Gasteiger partial charge >= 0.3 is 12.1 Å². The van der Waals surface area contributed by atoms with E-state index in [2.05, 4.69) is 28.1 Å². The normalized spacial score (nSPS) is 20.6. The van der Waals surface area contributed by atoms with Crippen LogP contribution in [0, 0.1) is 0 Å². The van der Waals surface area contributed by atoms with Crippen LogP contribution in [0.15, 0.2) is 24.3 Å². The fourth-order valence-electron chi connectivity index (χ4n) is 3.04. The third-order valence-corrected chi connectivity index (χ3v) is 4.54. The summed E-state index contributed by atoms with van der Waals surface area (Å²) < 4.78 is 31.7. The predicted octanol–water partition coefficient (Wildman–Crippen LogP) is 2.00. The van der Waals surface area contributed by atoms with Crippen molar-refractivity contribution in [1.82, 2.24) is 10.6 Å². The second-order valence-electron chi connectivity index (χ2n) is 6.60. The van der Waals surface area contributed by atoms with E-state index < -0.39 is 12.1 Å². The number of imide groups is 1. The Morgan fingerprint density at radius 2 is 1.64 bits per heavy atom. The number of alkyl halides is 3. The van der Waals surface area contributed by atoms with Gasteiger partial charge in [-0.1, -0.05) is 12.1 Å². The summed E-state index contributed by atoms with van der Waals surface area (Å²) in [6, 6.07) is 8.03. The summed E-state index contributed by atoms with van der Waals surface area (Å²) in [6.07, 6.45) is -1.77. The molecule has 154 valence electrons. The highest BCUT2D eigenvalue weighted by molar-refractivity contribution is 6.01. The number of carbonyl (C=O) groups excluding carboxylic acids is 2. The van der Waals surface area contributed by atoms with Crippen LogP contribution >= 0.6 is 0 Å². The highest BCUT2D eigenvalue weighted by Gasteiger charge is 2.38. The lowest BCUT2D eigenvalue weighted by molar-refractivity contribution is -0.192. The molecule has 28 heavy (non-hydrogen) atoms. The van der Waals surface area contributed by atoms with E-state index >= 15 is 0 Å². The van der Waals surface area contributed by atoms with Crippen molar-refractivity contribution in [3.05, 3.63) is 29.8 Å². The number of anilines is 1. The number of aliphatic carboxylic acids is 1. The molecule has 2 fully saturated rings. The van der Waals surface area contributed by atoms with Gasteiger partial charge in [-0.05, 0) is 56.0 Å². The minimum Gasteiger partial charge on any atom is -0.475 e. The Bertz CT molecular complexity index is 701. The second kappa shape index (κ2) is 9.54. The number of carbonyl (C=O) groups is 3. The summed E-state index contributed by atoms with van der Waals surface area (Å²) in [6.45, 7) is 2.17. The molecule has 0 spiro atoms. The molecule has 1 aromatic rings. The number of carboxylic acid groups (broad SMARTS) is 1. The molecular formula is C18H22F3N3O4. The number of piperidine rings is 2. The van der Waals surface area contributed by atoms with Crippen LogP contribution in [0.25, 0.3) is 0 Å². The van der Waals surface area contributed by atoms with Crippen molar-refractivity contribution in [2.75, 3.05) is 18.4 Å². The molecule has 2 aliphatic heterocycles. The summed E-state index contributed by atoms with van der Waals surface area (Å²) in [5.41, 5.74) is 2.30. The SMILES string of the molecule is O=C(O)C(F)(F)F.O=C1CCC(Nc2ccc(C3CCNCC3)cc2)C(=O)N1. The molecule has 1 aromatic carbocycles. The number of hydrogen-bond donors (Lipinski definition) is 4. The number of benzene rings is 1. The van der Waals surface area contributed by atoms with E-state index in [1.807, 2.05) is 12.1 Å². The molecule has 2 amide bonds. The third kappa shape index (κ3) is 6.52. The molecule has 0 bridgehead atoms. The van der Waals surface area contributed by atoms with Crippen molar-refractivity contribution in [2.24, 2.45) is 0 Å². The van der Waals surface area contributed by atoms with Crippen LogP contribution in [-0.4, -0.2) is 48.2 Å². The molecule has 4 N–H and O–H groups in total. The van der Waals surface area contributed by atoms with Crippen LogP contribution in [-0.2, 0) is 14.4 Å². The van der Waals surface area contributed by atoms with E-state index in [1.165, 1.54) is 18.4 Å². The first kappa shape index (κ1) is 21.7. The summed E-state index contributed by atoms with van der Waals surface area (Å²) >= 11 is 0. The second-order valence-corrected chi connectivity index (χ2v) is 6.60. The van der Waals surface area contributed by atoms with Gasteiger partial charge in [-0.25, -0.2) is 4.79 Å². The lowest BCUT2D eigenvalue weighted by Crippen LogP contribution is -2.47. The zero-order valence-corrected chi connectivity index (χ0v) is 15.0. The molecule has 1 atom stereocenters. The minimum atomic E-state index is -5.08. The first-order valence-electron chi connectivity index (χ1n) is 8.88. The van der Waals surface area contributed by atoms with Crippen molar-refractivity contribution in [3.8, 4) is 0 Å². The number of amides is 2. The molecule has 0 saturated carbocycles. The number of halogens is 3. The molecule has 1 unspecified atom stereocenters. The highest BCUT2D eigenvalue weighted by atomic mass is 19.4. The fraction of sp³-hybridized carbons (Fsp3) is 0.500. The largest absolute Gasteiger partial charge is 0.490 e. The van der Waals surface area contributed by atoms with Crippen LogP contribution in [0.4, 0.5) is 18.9 Å². The zero-order chi connectivity index (χ0) is 20.7. The maximum Gasteiger partial charge on any atom is 0.490 e. The van der Waals surface area contributed by atoms with Gasteiger partial charge in [-0.2, -0.15) is 13.2 Å². The maximum atomic E-state index is 11.7. The lowest BCUT2D eigenvalue weighted by Gasteiger charge is -2.24. The van der Waals surface area contributed by atoms with Crippen molar-refractivity contribution in [3.63, 3.8) is 0 Å². The standard InChI is InChI=1S/C16H21N3O2.C2HF3O2/c20-15-6-5-14(16(21)19-15)18-13-3-1-11(2-4-13)12-7-9-17-10-8-12;3-2(4,5)1(6)7/h1-4,12,14,17-18H,5-10H2,(H,19,20,21);(H,6,7). The van der Waals surface area contributed by atoms with Gasteiger partial charge in [0, 0.05) is 12.1 Å². The number of hydrogen-bond acceptors (Lipinski definition) is 5. The zero-order valence-electron chi connectivity index (χ0n) is 15.0. The summed E-state index contributed by atoms with van der Waals surface area (Å²) in [7, 11) is 0. The number of carboxylic acids is 1. The summed E-state index contributed by atoms with van der Waals surface area (Å²) in [5.74, 6) is -2.53. The van der Waals surface area contributed by atoms with E-state index in [-0.39, 0.29) is 17.9 Å². The van der Waals surface area contributed by atoms with E-state index in [4.69, 9.17) is 9.90 Å². The molecular weight excluding hydrogens is 379 g/mol. The van der Waals surface area contributed by atoms with Gasteiger partial charge in [0.2, 0.25) is 11.8 Å². The minimum absolute atomic E-state index is 0.181. The van der Waals surface area contributed by atoms with Gasteiger partial charge < -0.3 is 15.7 Å². The van der Waals surface area contributed by atoms with Crippen molar-refractivity contribution >= 4 is 23.5 Å². The molecule has 7 nitrogen and oxygen atoms in total. The van der Waals surface area contributed by atoms with Crippen molar-refractivity contribution < 1.29 is 32.7 Å². The first-order chi connectivity index (χ1) is 13.2. The number of rotatable bonds is 3. The average Bonchev–Trinajstić information content (AvgIpc) is 2.65. The molecule has 2 heterocycles. The summed E-state index contributed by atoms with van der Waals surface area (Å²) in [5, 5.41) is 16.1. The van der Waals surface area contributed by atoms with Gasteiger partial charge in [0.1, 0.15) is 6.04 Å². The topological polar surface area (TPSA) is 108 Å². The fourth-order valence-corrected chi connectivity index (χ4v) is 3.04. The molecule has 0 aromatic heterocycles. The smallest absolute Gasteiger partial charge is 0.475 e. The van der Waals surface area contributed by atoms with Crippen molar-refractivity contribution in [1.29, 1.82) is 0 Å². The Hall–Kier alpha value is -2.62. The van der Waals surface area contributed by atoms with Crippen LogP contribution in [0.3, 0.4) is 0 Å². The maximum absolute atomic E-state index is 11.7. The van der Waals surface area contributed by atoms with Crippen LogP contribution < -0.4 is 16.0 Å². The molecule has 2 aliphatic rings. The monoisotopic (exact) mass is 401 g/mol. The third-order valence-electron chi connectivity index (χ3n) is 4.54. The van der Waals surface area contributed by atoms with Crippen molar-refractivity contribution in [2.45, 2.75) is 43.8 Å². The van der Waals surface area contributed by atoms with Gasteiger partial charge in [0.15, 0.2) is 0 Å². The predicted molar refractivity (Wildman–Crippen MR) is 94.8 cm³/mol. The van der Waals surface area contributed by atoms with E-state index in [0.29, 0.717) is 18.8 Å². The van der Waals surface area contributed by atoms with Gasteiger partial charge in [-0.15, -0.1) is 0 Å². The average molecular weight is 401 g/mol. The Balaban J connectivity index is 0.000000345. The van der Waals surface area contributed by atoms with E-state index in [9.17, 15) is 22.8 Å². The van der Waals surface area contributed by atoms with Gasteiger partial charge in [0.25, 0.3) is 0 Å². The Morgan fingerprint density at radius 1 is 1.07 bits per heavy atom. The quantitative estimate of drug-likeness (QED) is 0.577. The van der Waals surface area contributed by atoms with Crippen LogP contribution in [0.2, 0.25) is 0 Å². The Morgan fingerprint density at radius 3 is 2.14 bits per heavy atom. The van der Waals surface area contributed by atoms with Crippen LogP contribution in [0.5, 0.6) is 0 Å².